The lowest BCUT2D eigenvalue weighted by Gasteiger charge is -2.39. The Morgan fingerprint density at radius 2 is 1.58 bits per heavy atom. The first-order valence-corrected chi connectivity index (χ1v) is 7.80. The van der Waals surface area contributed by atoms with Gasteiger partial charge in [0.05, 0.1) is 32.5 Å². The van der Waals surface area contributed by atoms with Gasteiger partial charge in [-0.15, -0.1) is 0 Å². The first-order valence-electron chi connectivity index (χ1n) is 7.80. The summed E-state index contributed by atoms with van der Waals surface area (Å²) in [5, 5.41) is 67.7. The molecular weight excluding hydrogens is 328 g/mol. The van der Waals surface area contributed by atoms with Gasteiger partial charge in [-0.3, -0.25) is 0 Å². The zero-order chi connectivity index (χ0) is 18.1. The number of aliphatic hydroxyl groups excluding tert-OH is 7. The smallest absolute Gasteiger partial charge is 0.143 e. The van der Waals surface area contributed by atoms with Gasteiger partial charge in [0.1, 0.15) is 48.3 Å². The standard InChI is InChI=1S/C14H26O10/c1-6-9(17)12(20)10(18)8(23-6)3-22-5-14(4-16)13(21)11(19)7(2-15)24-14/h6-13,15-21H,2-5H2,1H3/t6?,7-,8?,9?,10?,11?,12?,13-,14+/m1/s1. The molecular formula is C14H26O10. The Morgan fingerprint density at radius 1 is 0.917 bits per heavy atom. The van der Waals surface area contributed by atoms with Crippen LogP contribution in [0.4, 0.5) is 0 Å². The lowest BCUT2D eigenvalue weighted by Crippen LogP contribution is -2.58. The summed E-state index contributed by atoms with van der Waals surface area (Å²) >= 11 is 0. The highest BCUT2D eigenvalue weighted by molar-refractivity contribution is 5.02. The van der Waals surface area contributed by atoms with E-state index in [4.69, 9.17) is 19.3 Å². The van der Waals surface area contributed by atoms with Crippen molar-refractivity contribution in [2.45, 2.75) is 61.4 Å². The molecule has 2 saturated heterocycles. The Morgan fingerprint density at radius 3 is 2.12 bits per heavy atom. The Kier molecular flexibility index (Phi) is 6.53. The molecule has 0 aliphatic carbocycles. The quantitative estimate of drug-likeness (QED) is 0.248. The Labute approximate surface area is 138 Å². The summed E-state index contributed by atoms with van der Waals surface area (Å²) in [6.45, 7) is -0.196. The molecule has 142 valence electrons. The zero-order valence-electron chi connectivity index (χ0n) is 13.3. The molecule has 0 amide bonds. The third kappa shape index (κ3) is 3.58. The fraction of sp³-hybridized carbons (Fsp3) is 1.00. The van der Waals surface area contributed by atoms with Crippen LogP contribution in [0.25, 0.3) is 0 Å². The van der Waals surface area contributed by atoms with Crippen molar-refractivity contribution in [3.8, 4) is 0 Å². The minimum absolute atomic E-state index is 0.201. The van der Waals surface area contributed by atoms with E-state index >= 15 is 0 Å². The Hall–Kier alpha value is -0.400. The Balaban J connectivity index is 1.93. The van der Waals surface area contributed by atoms with E-state index in [1.165, 1.54) is 6.92 Å². The van der Waals surface area contributed by atoms with Gasteiger partial charge in [-0.1, -0.05) is 0 Å². The number of rotatable bonds is 6. The van der Waals surface area contributed by atoms with Crippen molar-refractivity contribution in [1.29, 1.82) is 0 Å². The van der Waals surface area contributed by atoms with Crippen molar-refractivity contribution in [2.24, 2.45) is 0 Å². The molecule has 2 fully saturated rings. The summed E-state index contributed by atoms with van der Waals surface area (Å²) in [6, 6.07) is 0. The highest BCUT2D eigenvalue weighted by Gasteiger charge is 2.54. The van der Waals surface area contributed by atoms with Crippen LogP contribution in [-0.2, 0) is 14.2 Å². The van der Waals surface area contributed by atoms with Crippen LogP contribution in [-0.4, -0.2) is 117 Å². The predicted octanol–water partition coefficient (Wildman–Crippen LogP) is -4.28. The molecule has 0 aromatic rings. The summed E-state index contributed by atoms with van der Waals surface area (Å²) in [7, 11) is 0. The van der Waals surface area contributed by atoms with Crippen molar-refractivity contribution in [2.75, 3.05) is 26.4 Å². The molecule has 9 atom stereocenters. The fourth-order valence-electron chi connectivity index (χ4n) is 3.02. The van der Waals surface area contributed by atoms with Crippen LogP contribution in [0.3, 0.4) is 0 Å². The van der Waals surface area contributed by atoms with E-state index in [1.54, 1.807) is 0 Å². The van der Waals surface area contributed by atoms with E-state index in [-0.39, 0.29) is 13.2 Å². The van der Waals surface area contributed by atoms with Gasteiger partial charge in [-0.05, 0) is 6.92 Å². The summed E-state index contributed by atoms with van der Waals surface area (Å²) < 4.78 is 16.0. The summed E-state index contributed by atoms with van der Waals surface area (Å²) in [5.74, 6) is 0. The van der Waals surface area contributed by atoms with Crippen LogP contribution in [0.5, 0.6) is 0 Å². The van der Waals surface area contributed by atoms with Gasteiger partial charge < -0.3 is 50.0 Å². The molecule has 6 unspecified atom stereocenters. The molecule has 2 aliphatic heterocycles. The van der Waals surface area contributed by atoms with Crippen LogP contribution in [0.2, 0.25) is 0 Å². The van der Waals surface area contributed by atoms with E-state index in [1.807, 2.05) is 0 Å². The second kappa shape index (κ2) is 7.87. The lowest BCUT2D eigenvalue weighted by molar-refractivity contribution is -0.234. The average Bonchev–Trinajstić information content (AvgIpc) is 2.82. The van der Waals surface area contributed by atoms with E-state index in [0.717, 1.165) is 0 Å². The molecule has 2 rings (SSSR count). The van der Waals surface area contributed by atoms with Crippen molar-refractivity contribution >= 4 is 0 Å². The summed E-state index contributed by atoms with van der Waals surface area (Å²) in [6.07, 6.45) is -9.51. The molecule has 0 aromatic heterocycles. The number of aliphatic hydroxyl groups is 7. The zero-order valence-corrected chi connectivity index (χ0v) is 13.3. The monoisotopic (exact) mass is 354 g/mol. The largest absolute Gasteiger partial charge is 0.394 e. The second-order valence-electron chi connectivity index (χ2n) is 6.36. The van der Waals surface area contributed by atoms with Crippen LogP contribution in [0.15, 0.2) is 0 Å². The van der Waals surface area contributed by atoms with Crippen molar-refractivity contribution in [3.05, 3.63) is 0 Å². The third-order valence-electron chi connectivity index (χ3n) is 4.66. The molecule has 0 spiro atoms. The summed E-state index contributed by atoms with van der Waals surface area (Å²) in [5.41, 5.74) is -1.61. The van der Waals surface area contributed by atoms with Crippen molar-refractivity contribution in [3.63, 3.8) is 0 Å². The van der Waals surface area contributed by atoms with E-state index in [2.05, 4.69) is 0 Å². The number of ether oxygens (including phenoxy) is 3. The van der Waals surface area contributed by atoms with Gasteiger partial charge in [0.25, 0.3) is 0 Å². The fourth-order valence-corrected chi connectivity index (χ4v) is 3.02. The molecule has 0 saturated carbocycles. The van der Waals surface area contributed by atoms with Crippen LogP contribution in [0, 0.1) is 0 Å². The minimum Gasteiger partial charge on any atom is -0.394 e. The molecule has 0 aromatic carbocycles. The maximum Gasteiger partial charge on any atom is 0.143 e. The summed E-state index contributed by atoms with van der Waals surface area (Å²) in [4.78, 5) is 0. The predicted molar refractivity (Wildman–Crippen MR) is 77.0 cm³/mol. The maximum absolute atomic E-state index is 10.0. The van der Waals surface area contributed by atoms with Crippen LogP contribution >= 0.6 is 0 Å². The number of hydrogen-bond donors (Lipinski definition) is 7. The molecule has 10 heteroatoms. The van der Waals surface area contributed by atoms with Gasteiger partial charge in [0.15, 0.2) is 0 Å². The van der Waals surface area contributed by atoms with Gasteiger partial charge in [0.2, 0.25) is 0 Å². The van der Waals surface area contributed by atoms with Gasteiger partial charge in [-0.2, -0.15) is 0 Å². The van der Waals surface area contributed by atoms with E-state index in [0.29, 0.717) is 0 Å². The third-order valence-corrected chi connectivity index (χ3v) is 4.66. The van der Waals surface area contributed by atoms with Gasteiger partial charge in [-0.25, -0.2) is 0 Å². The highest BCUT2D eigenvalue weighted by atomic mass is 16.6. The molecule has 2 aliphatic rings. The number of hydrogen-bond acceptors (Lipinski definition) is 10. The molecule has 0 bridgehead atoms. The lowest BCUT2D eigenvalue weighted by atomic mass is 9.95. The normalized spacial score (nSPS) is 49.5. The van der Waals surface area contributed by atoms with Crippen LogP contribution < -0.4 is 0 Å². The molecule has 10 nitrogen and oxygen atoms in total. The average molecular weight is 354 g/mol. The molecule has 24 heavy (non-hydrogen) atoms. The van der Waals surface area contributed by atoms with E-state index < -0.39 is 67.6 Å². The van der Waals surface area contributed by atoms with Crippen molar-refractivity contribution < 1.29 is 50.0 Å². The first-order chi connectivity index (χ1) is 11.3. The molecule has 2 heterocycles. The van der Waals surface area contributed by atoms with Gasteiger partial charge in [0, 0.05) is 0 Å². The molecule has 7 N–H and O–H groups in total. The highest BCUT2D eigenvalue weighted by Crippen LogP contribution is 2.32. The minimum atomic E-state index is -1.61. The SMILES string of the molecule is CC1OC(COC[C@]2(CO)O[C@H](CO)C(O)[C@H]2O)C(O)C(O)C1O. The first kappa shape index (κ1) is 19.9. The molecule has 0 radical (unpaired) electrons. The van der Waals surface area contributed by atoms with Crippen LogP contribution in [0.1, 0.15) is 6.92 Å². The van der Waals surface area contributed by atoms with Gasteiger partial charge >= 0.3 is 0 Å². The maximum atomic E-state index is 10.0. The van der Waals surface area contributed by atoms with E-state index in [9.17, 15) is 30.6 Å². The Bertz CT molecular complexity index is 409. The second-order valence-corrected chi connectivity index (χ2v) is 6.36. The van der Waals surface area contributed by atoms with Crippen molar-refractivity contribution in [1.82, 2.24) is 0 Å². The topological polar surface area (TPSA) is 169 Å².